The van der Waals surface area contributed by atoms with Crippen molar-refractivity contribution in [3.05, 3.63) is 65.2 Å². The number of benzene rings is 2. The van der Waals surface area contributed by atoms with Crippen molar-refractivity contribution >= 4 is 11.8 Å². The van der Waals surface area contributed by atoms with E-state index in [0.29, 0.717) is 25.3 Å². The van der Waals surface area contributed by atoms with E-state index in [2.05, 4.69) is 12.2 Å². The summed E-state index contributed by atoms with van der Waals surface area (Å²) >= 11 is 0. The molecule has 5 heteroatoms. The van der Waals surface area contributed by atoms with Crippen LogP contribution in [0.2, 0.25) is 0 Å². The number of rotatable bonds is 11. The standard InChI is InChI=1S/C25H34N2O3/c1-5-7-14-26-25(29)23(6-2)27(17-21-12-8-10-19(3)15-21)24(28)18-30-22-13-9-11-20(4)16-22/h8-13,15-16,23H,5-7,14,17-18H2,1-4H3,(H,26,29). The summed E-state index contributed by atoms with van der Waals surface area (Å²) < 4.78 is 5.74. The number of nitrogens with zero attached hydrogens (tertiary/aromatic N) is 1. The SMILES string of the molecule is CCCCNC(=O)C(CC)N(Cc1cccc(C)c1)C(=O)COc1cccc(C)c1. The molecule has 2 amide bonds. The minimum atomic E-state index is -0.532. The predicted octanol–water partition coefficient (Wildman–Crippen LogP) is 4.41. The van der Waals surface area contributed by atoms with Gasteiger partial charge in [0.05, 0.1) is 0 Å². The van der Waals surface area contributed by atoms with Crippen LogP contribution in [0.25, 0.3) is 0 Å². The molecule has 1 atom stereocenters. The molecule has 0 radical (unpaired) electrons. The van der Waals surface area contributed by atoms with Gasteiger partial charge in [0.2, 0.25) is 5.91 Å². The number of amides is 2. The highest BCUT2D eigenvalue weighted by molar-refractivity contribution is 5.88. The van der Waals surface area contributed by atoms with Gasteiger partial charge in [0, 0.05) is 13.1 Å². The lowest BCUT2D eigenvalue weighted by molar-refractivity contribution is -0.143. The lowest BCUT2D eigenvalue weighted by Gasteiger charge is -2.30. The Balaban J connectivity index is 2.17. The van der Waals surface area contributed by atoms with E-state index in [4.69, 9.17) is 4.74 Å². The topological polar surface area (TPSA) is 58.6 Å². The van der Waals surface area contributed by atoms with Crippen LogP contribution in [0, 0.1) is 13.8 Å². The molecule has 0 saturated carbocycles. The van der Waals surface area contributed by atoms with Gasteiger partial charge >= 0.3 is 0 Å². The zero-order valence-corrected chi connectivity index (χ0v) is 18.6. The third-order valence-corrected chi connectivity index (χ3v) is 5.00. The monoisotopic (exact) mass is 410 g/mol. The van der Waals surface area contributed by atoms with Gasteiger partial charge in [0.15, 0.2) is 6.61 Å². The van der Waals surface area contributed by atoms with Crippen LogP contribution < -0.4 is 10.1 Å². The average Bonchev–Trinajstić information content (AvgIpc) is 2.72. The van der Waals surface area contributed by atoms with Crippen LogP contribution in [-0.2, 0) is 16.1 Å². The summed E-state index contributed by atoms with van der Waals surface area (Å²) in [7, 11) is 0. The van der Waals surface area contributed by atoms with E-state index in [0.717, 1.165) is 29.5 Å². The summed E-state index contributed by atoms with van der Waals surface area (Å²) in [5.74, 6) is 0.345. The summed E-state index contributed by atoms with van der Waals surface area (Å²) in [5.41, 5.74) is 3.19. The molecule has 1 unspecified atom stereocenters. The fourth-order valence-electron chi connectivity index (χ4n) is 3.37. The number of aryl methyl sites for hydroxylation is 2. The summed E-state index contributed by atoms with van der Waals surface area (Å²) in [6.45, 7) is 8.91. The number of ether oxygens (including phenoxy) is 1. The fourth-order valence-corrected chi connectivity index (χ4v) is 3.37. The second-order valence-corrected chi connectivity index (χ2v) is 7.68. The Hall–Kier alpha value is -2.82. The van der Waals surface area contributed by atoms with E-state index >= 15 is 0 Å². The molecule has 0 heterocycles. The highest BCUT2D eigenvalue weighted by atomic mass is 16.5. The fraction of sp³-hybridized carbons (Fsp3) is 0.440. The maximum Gasteiger partial charge on any atom is 0.261 e. The van der Waals surface area contributed by atoms with Gasteiger partial charge < -0.3 is 15.0 Å². The summed E-state index contributed by atoms with van der Waals surface area (Å²) in [6, 6.07) is 15.1. The Morgan fingerprint density at radius 2 is 1.73 bits per heavy atom. The van der Waals surface area contributed by atoms with Crippen LogP contribution in [0.15, 0.2) is 48.5 Å². The molecule has 0 aliphatic heterocycles. The molecule has 0 aliphatic rings. The molecule has 0 bridgehead atoms. The predicted molar refractivity (Wildman–Crippen MR) is 120 cm³/mol. The van der Waals surface area contributed by atoms with Crippen LogP contribution in [0.3, 0.4) is 0 Å². The van der Waals surface area contributed by atoms with Crippen molar-refractivity contribution in [3.63, 3.8) is 0 Å². The zero-order valence-electron chi connectivity index (χ0n) is 18.6. The lowest BCUT2D eigenvalue weighted by Crippen LogP contribution is -2.50. The molecular weight excluding hydrogens is 376 g/mol. The molecule has 2 aromatic rings. The second kappa shape index (κ2) is 12.0. The Morgan fingerprint density at radius 3 is 2.37 bits per heavy atom. The summed E-state index contributed by atoms with van der Waals surface area (Å²) in [6.07, 6.45) is 2.47. The first kappa shape index (κ1) is 23.5. The molecule has 0 saturated heterocycles. The van der Waals surface area contributed by atoms with Gasteiger partial charge in [0.25, 0.3) is 5.91 Å². The average molecular weight is 411 g/mol. The van der Waals surface area contributed by atoms with Crippen molar-refractivity contribution in [1.29, 1.82) is 0 Å². The molecule has 5 nitrogen and oxygen atoms in total. The van der Waals surface area contributed by atoms with Crippen molar-refractivity contribution in [1.82, 2.24) is 10.2 Å². The van der Waals surface area contributed by atoms with Crippen LogP contribution in [-0.4, -0.2) is 35.9 Å². The molecule has 2 rings (SSSR count). The molecular formula is C25H34N2O3. The Bertz CT molecular complexity index is 835. The van der Waals surface area contributed by atoms with Crippen LogP contribution >= 0.6 is 0 Å². The van der Waals surface area contributed by atoms with Gasteiger partial charge in [-0.1, -0.05) is 62.2 Å². The maximum absolute atomic E-state index is 13.1. The Kier molecular flexibility index (Phi) is 9.39. The van der Waals surface area contributed by atoms with Crippen molar-refractivity contribution in [3.8, 4) is 5.75 Å². The molecule has 162 valence electrons. The first-order valence-corrected chi connectivity index (χ1v) is 10.8. The lowest BCUT2D eigenvalue weighted by atomic mass is 10.1. The normalized spacial score (nSPS) is 11.6. The third-order valence-electron chi connectivity index (χ3n) is 5.00. The Morgan fingerprint density at radius 1 is 1.03 bits per heavy atom. The van der Waals surface area contributed by atoms with E-state index < -0.39 is 6.04 Å². The second-order valence-electron chi connectivity index (χ2n) is 7.68. The van der Waals surface area contributed by atoms with Crippen LogP contribution in [0.1, 0.15) is 49.8 Å². The minimum Gasteiger partial charge on any atom is -0.484 e. The van der Waals surface area contributed by atoms with Crippen molar-refractivity contribution in [2.75, 3.05) is 13.2 Å². The highest BCUT2D eigenvalue weighted by Crippen LogP contribution is 2.16. The molecule has 0 spiro atoms. The van der Waals surface area contributed by atoms with Gasteiger partial charge in [-0.25, -0.2) is 0 Å². The van der Waals surface area contributed by atoms with Gasteiger partial charge in [-0.05, 0) is 49.9 Å². The summed E-state index contributed by atoms with van der Waals surface area (Å²) in [4.78, 5) is 27.6. The van der Waals surface area contributed by atoms with Gasteiger partial charge in [-0.3, -0.25) is 9.59 Å². The molecule has 0 fully saturated rings. The third kappa shape index (κ3) is 7.21. The van der Waals surface area contributed by atoms with Crippen molar-refractivity contribution in [2.45, 2.75) is 59.5 Å². The van der Waals surface area contributed by atoms with E-state index in [-0.39, 0.29) is 18.4 Å². The zero-order chi connectivity index (χ0) is 21.9. The number of carbonyl (C=O) groups is 2. The highest BCUT2D eigenvalue weighted by Gasteiger charge is 2.28. The van der Waals surface area contributed by atoms with Gasteiger partial charge in [0.1, 0.15) is 11.8 Å². The smallest absolute Gasteiger partial charge is 0.261 e. The Labute approximate surface area is 180 Å². The first-order valence-electron chi connectivity index (χ1n) is 10.8. The number of hydrogen-bond acceptors (Lipinski definition) is 3. The maximum atomic E-state index is 13.1. The number of hydrogen-bond donors (Lipinski definition) is 1. The van der Waals surface area contributed by atoms with Gasteiger partial charge in [-0.2, -0.15) is 0 Å². The molecule has 0 aliphatic carbocycles. The molecule has 2 aromatic carbocycles. The minimum absolute atomic E-state index is 0.103. The largest absolute Gasteiger partial charge is 0.484 e. The van der Waals surface area contributed by atoms with Crippen molar-refractivity contribution < 1.29 is 14.3 Å². The number of nitrogens with one attached hydrogen (secondary N) is 1. The summed E-state index contributed by atoms with van der Waals surface area (Å²) in [5, 5.41) is 2.97. The van der Waals surface area contributed by atoms with E-state index in [9.17, 15) is 9.59 Å². The quantitative estimate of drug-likeness (QED) is 0.559. The van der Waals surface area contributed by atoms with Crippen LogP contribution in [0.4, 0.5) is 0 Å². The first-order chi connectivity index (χ1) is 14.4. The van der Waals surface area contributed by atoms with E-state index in [1.165, 1.54) is 0 Å². The number of unbranched alkanes of at least 4 members (excludes halogenated alkanes) is 1. The van der Waals surface area contributed by atoms with Crippen molar-refractivity contribution in [2.24, 2.45) is 0 Å². The molecule has 30 heavy (non-hydrogen) atoms. The molecule has 1 N–H and O–H groups in total. The van der Waals surface area contributed by atoms with E-state index in [1.54, 1.807) is 4.90 Å². The number of carbonyl (C=O) groups excluding carboxylic acids is 2. The molecule has 0 aromatic heterocycles. The van der Waals surface area contributed by atoms with E-state index in [1.807, 2.05) is 69.3 Å². The van der Waals surface area contributed by atoms with Gasteiger partial charge in [-0.15, -0.1) is 0 Å². The van der Waals surface area contributed by atoms with Crippen LogP contribution in [0.5, 0.6) is 5.75 Å².